The number of azo groups is 1. The number of rotatable bonds is 4. The second-order valence-corrected chi connectivity index (χ2v) is 6.17. The van der Waals surface area contributed by atoms with Crippen LogP contribution in [0.3, 0.4) is 0 Å². The average molecular weight is 387 g/mol. The van der Waals surface area contributed by atoms with Gasteiger partial charge in [-0.05, 0) is 12.1 Å². The minimum atomic E-state index is -1.43. The number of aliphatic hydroxyl groups is 3. The number of nitrogens with one attached hydrogen (secondary N) is 1. The average Bonchev–Trinajstić information content (AvgIpc) is 3.18. The molecule has 0 radical (unpaired) electrons. The third-order valence-electron chi connectivity index (χ3n) is 4.33. The highest BCUT2D eigenvalue weighted by Crippen LogP contribution is 2.35. The van der Waals surface area contributed by atoms with Crippen molar-refractivity contribution in [1.82, 2.24) is 19.5 Å². The first-order chi connectivity index (χ1) is 13.5. The van der Waals surface area contributed by atoms with Crippen LogP contribution in [0, 0.1) is 0 Å². The minimum Gasteiger partial charge on any atom is -0.394 e. The molecule has 12 nitrogen and oxygen atoms in total. The van der Waals surface area contributed by atoms with Gasteiger partial charge in [0.05, 0.1) is 12.3 Å². The van der Waals surface area contributed by atoms with Gasteiger partial charge in [0.2, 0.25) is 5.95 Å². The summed E-state index contributed by atoms with van der Waals surface area (Å²) in [6.07, 6.45) is -5.03. The molecular weight excluding hydrogens is 370 g/mol. The van der Waals surface area contributed by atoms with Crippen molar-refractivity contribution >= 4 is 28.7 Å². The van der Waals surface area contributed by atoms with Gasteiger partial charge in [-0.3, -0.25) is 14.3 Å². The van der Waals surface area contributed by atoms with Gasteiger partial charge in [0.25, 0.3) is 11.5 Å². The molecule has 28 heavy (non-hydrogen) atoms. The fourth-order valence-electron chi connectivity index (χ4n) is 2.98. The Labute approximate surface area is 157 Å². The molecule has 0 spiro atoms. The van der Waals surface area contributed by atoms with Crippen molar-refractivity contribution < 1.29 is 20.1 Å². The molecule has 1 aromatic carbocycles. The van der Waals surface area contributed by atoms with Crippen molar-refractivity contribution in [3.63, 3.8) is 0 Å². The van der Waals surface area contributed by atoms with Crippen LogP contribution in [0.15, 0.2) is 45.4 Å². The number of nitrogens with two attached hydrogens (primary N) is 1. The lowest BCUT2D eigenvalue weighted by Gasteiger charge is -2.17. The van der Waals surface area contributed by atoms with Crippen LogP contribution in [-0.4, -0.2) is 59.8 Å². The van der Waals surface area contributed by atoms with E-state index in [1.54, 1.807) is 24.3 Å². The van der Waals surface area contributed by atoms with Crippen molar-refractivity contribution in [3.05, 3.63) is 40.7 Å². The van der Waals surface area contributed by atoms with E-state index in [0.29, 0.717) is 5.69 Å². The molecule has 2 aromatic heterocycles. The Morgan fingerprint density at radius 3 is 2.61 bits per heavy atom. The lowest BCUT2D eigenvalue weighted by molar-refractivity contribution is -0.0503. The van der Waals surface area contributed by atoms with Gasteiger partial charge < -0.3 is 25.8 Å². The van der Waals surface area contributed by atoms with E-state index in [1.807, 2.05) is 6.07 Å². The Morgan fingerprint density at radius 2 is 1.93 bits per heavy atom. The summed E-state index contributed by atoms with van der Waals surface area (Å²) in [5.74, 6) is -0.255. The summed E-state index contributed by atoms with van der Waals surface area (Å²) in [5, 5.41) is 37.9. The predicted molar refractivity (Wildman–Crippen MR) is 96.2 cm³/mol. The molecule has 0 aliphatic carbocycles. The second-order valence-electron chi connectivity index (χ2n) is 6.17. The summed E-state index contributed by atoms with van der Waals surface area (Å²) >= 11 is 0. The number of aromatic nitrogens is 4. The Kier molecular flexibility index (Phi) is 4.60. The first kappa shape index (κ1) is 18.2. The number of H-pyrrole nitrogens is 1. The number of nitrogens with zero attached hydrogens (tertiary/aromatic N) is 5. The van der Waals surface area contributed by atoms with Crippen LogP contribution in [0.2, 0.25) is 0 Å². The predicted octanol–water partition coefficient (Wildman–Crippen LogP) is -0.271. The molecule has 1 saturated heterocycles. The lowest BCUT2D eigenvalue weighted by atomic mass is 10.1. The molecule has 3 aromatic rings. The Bertz CT molecular complexity index is 1080. The molecule has 6 N–H and O–H groups in total. The summed E-state index contributed by atoms with van der Waals surface area (Å²) in [5.41, 5.74) is 5.46. The van der Waals surface area contributed by atoms with Gasteiger partial charge in [-0.1, -0.05) is 18.2 Å². The highest BCUT2D eigenvalue weighted by atomic mass is 16.6. The summed E-state index contributed by atoms with van der Waals surface area (Å²) in [4.78, 5) is 22.7. The van der Waals surface area contributed by atoms with E-state index in [-0.39, 0.29) is 23.1 Å². The fraction of sp³-hybridized carbons (Fsp3) is 0.312. The molecule has 0 bridgehead atoms. The standard InChI is InChI=1S/C16H17N7O5/c17-15-19-12-9(13(27)20-15)18-16(22-21-7-4-2-1-3-5-7)23(12)14-11(26)10(25)8(6-24)28-14/h1-5,8,10-11,14,24-26H,6H2,(H3,17,19,20,27)/t8-,10?,11?,14-/m1/s1. The molecular formula is C16H17N7O5. The number of imidazole rings is 1. The van der Waals surface area contributed by atoms with Crippen LogP contribution >= 0.6 is 0 Å². The van der Waals surface area contributed by atoms with E-state index in [2.05, 4.69) is 25.2 Å². The topological polar surface area (TPSA) is 184 Å². The molecule has 4 atom stereocenters. The van der Waals surface area contributed by atoms with Gasteiger partial charge in [0.15, 0.2) is 17.4 Å². The van der Waals surface area contributed by atoms with E-state index in [9.17, 15) is 20.1 Å². The van der Waals surface area contributed by atoms with Crippen molar-refractivity contribution in [2.75, 3.05) is 12.3 Å². The third-order valence-corrected chi connectivity index (χ3v) is 4.33. The van der Waals surface area contributed by atoms with E-state index < -0.39 is 36.7 Å². The van der Waals surface area contributed by atoms with Crippen molar-refractivity contribution in [2.24, 2.45) is 10.2 Å². The number of aliphatic hydroxyl groups excluding tert-OH is 3. The maximum absolute atomic E-state index is 12.2. The Morgan fingerprint density at radius 1 is 1.18 bits per heavy atom. The van der Waals surface area contributed by atoms with Crippen LogP contribution in [-0.2, 0) is 4.74 Å². The van der Waals surface area contributed by atoms with E-state index in [1.165, 1.54) is 4.57 Å². The molecule has 12 heteroatoms. The molecule has 3 heterocycles. The molecule has 0 saturated carbocycles. The molecule has 1 aliphatic rings. The second kappa shape index (κ2) is 7.09. The molecule has 146 valence electrons. The highest BCUT2D eigenvalue weighted by molar-refractivity contribution is 5.74. The van der Waals surface area contributed by atoms with Crippen molar-refractivity contribution in [2.45, 2.75) is 24.5 Å². The van der Waals surface area contributed by atoms with E-state index in [4.69, 9.17) is 10.5 Å². The highest BCUT2D eigenvalue weighted by Gasteiger charge is 2.45. The van der Waals surface area contributed by atoms with Crippen LogP contribution in [0.25, 0.3) is 11.2 Å². The zero-order valence-corrected chi connectivity index (χ0v) is 14.4. The number of ether oxygens (including phenoxy) is 1. The number of benzene rings is 1. The van der Waals surface area contributed by atoms with Gasteiger partial charge >= 0.3 is 0 Å². The van der Waals surface area contributed by atoms with E-state index >= 15 is 0 Å². The summed E-state index contributed by atoms with van der Waals surface area (Å²) < 4.78 is 6.76. The number of anilines is 1. The van der Waals surface area contributed by atoms with Crippen molar-refractivity contribution in [3.8, 4) is 0 Å². The summed E-state index contributed by atoms with van der Waals surface area (Å²) in [6, 6.07) is 8.80. The van der Waals surface area contributed by atoms with Crippen LogP contribution in [0.1, 0.15) is 6.23 Å². The van der Waals surface area contributed by atoms with Gasteiger partial charge in [-0.15, -0.1) is 10.2 Å². The Hall–Kier alpha value is -3.19. The number of hydrogen-bond acceptors (Lipinski definition) is 10. The largest absolute Gasteiger partial charge is 0.394 e. The molecule has 4 rings (SSSR count). The summed E-state index contributed by atoms with van der Waals surface area (Å²) in [6.45, 7) is -0.516. The van der Waals surface area contributed by atoms with Gasteiger partial charge in [-0.2, -0.15) is 4.98 Å². The summed E-state index contributed by atoms with van der Waals surface area (Å²) in [7, 11) is 0. The third kappa shape index (κ3) is 3.03. The zero-order valence-electron chi connectivity index (χ0n) is 14.4. The molecule has 1 fully saturated rings. The van der Waals surface area contributed by atoms with Gasteiger partial charge in [0, 0.05) is 0 Å². The maximum atomic E-state index is 12.2. The molecule has 2 unspecified atom stereocenters. The fourth-order valence-corrected chi connectivity index (χ4v) is 2.98. The first-order valence-corrected chi connectivity index (χ1v) is 8.36. The van der Waals surface area contributed by atoms with Crippen molar-refractivity contribution in [1.29, 1.82) is 0 Å². The maximum Gasteiger partial charge on any atom is 0.280 e. The number of fused-ring (bicyclic) bond motifs is 1. The number of nitrogen functional groups attached to an aromatic ring is 1. The monoisotopic (exact) mass is 387 g/mol. The van der Waals surface area contributed by atoms with Gasteiger partial charge in [-0.25, -0.2) is 4.98 Å². The van der Waals surface area contributed by atoms with Gasteiger partial charge in [0.1, 0.15) is 18.3 Å². The zero-order chi connectivity index (χ0) is 19.8. The minimum absolute atomic E-state index is 0.00176. The van der Waals surface area contributed by atoms with E-state index in [0.717, 1.165) is 0 Å². The SMILES string of the molecule is Nc1nc2c(nc(N=Nc3ccccc3)n2[C@@H]2O[C@H](CO)C(O)C2O)c(=O)[nH]1. The molecule has 1 aliphatic heterocycles. The number of aromatic amines is 1. The van der Waals surface area contributed by atoms with Crippen LogP contribution in [0.5, 0.6) is 0 Å². The smallest absolute Gasteiger partial charge is 0.280 e. The Balaban J connectivity index is 1.87. The normalized spacial score (nSPS) is 25.1. The lowest BCUT2D eigenvalue weighted by Crippen LogP contribution is -2.33. The number of hydrogen-bond donors (Lipinski definition) is 5. The van der Waals surface area contributed by atoms with Crippen LogP contribution < -0.4 is 11.3 Å². The quantitative estimate of drug-likeness (QED) is 0.379. The molecule has 0 amide bonds. The first-order valence-electron chi connectivity index (χ1n) is 8.36. The van der Waals surface area contributed by atoms with Crippen LogP contribution in [0.4, 0.5) is 17.6 Å².